The van der Waals surface area contributed by atoms with Crippen LogP contribution in [-0.2, 0) is 5.41 Å². The van der Waals surface area contributed by atoms with Crippen LogP contribution < -0.4 is 4.90 Å². The number of benzene rings is 9. The van der Waals surface area contributed by atoms with Gasteiger partial charge in [-0.25, -0.2) is 0 Å². The summed E-state index contributed by atoms with van der Waals surface area (Å²) in [4.78, 5) is 2.21. The molecule has 1 aliphatic carbocycles. The highest BCUT2D eigenvalue weighted by Crippen LogP contribution is 2.53. The van der Waals surface area contributed by atoms with Crippen molar-refractivity contribution < 1.29 is 2.74 Å². The number of fused-ring (bicyclic) bond motifs is 10. The van der Waals surface area contributed by atoms with Crippen molar-refractivity contribution in [3.05, 3.63) is 229 Å². The van der Waals surface area contributed by atoms with Gasteiger partial charge in [-0.3, -0.25) is 0 Å². The Morgan fingerprint density at radius 2 is 1.06 bits per heavy atom. The number of hydrogen-bond donors (Lipinski definition) is 0. The first-order chi connectivity index (χ1) is 31.3. The molecule has 11 aromatic rings. The first-order valence-corrected chi connectivity index (χ1v) is 22.1. The predicted octanol–water partition coefficient (Wildman–Crippen LogP) is 16.8. The quantitative estimate of drug-likeness (QED) is 0.146. The van der Waals surface area contributed by atoms with Crippen LogP contribution in [0.4, 0.5) is 17.1 Å². The van der Waals surface area contributed by atoms with Crippen LogP contribution in [0, 0.1) is 0 Å². The van der Waals surface area contributed by atoms with E-state index < -0.39 is 5.41 Å². The lowest BCUT2D eigenvalue weighted by Gasteiger charge is -2.25. The molecule has 0 atom stereocenters. The summed E-state index contributed by atoms with van der Waals surface area (Å²) in [5, 5.41) is 5.07. The number of rotatable bonds is 7. The second kappa shape index (κ2) is 14.3. The van der Waals surface area contributed by atoms with E-state index in [1.165, 1.54) is 75.4 Å². The van der Waals surface area contributed by atoms with E-state index in [9.17, 15) is 2.74 Å². The predicted molar refractivity (Wildman–Crippen MR) is 267 cm³/mol. The van der Waals surface area contributed by atoms with Crippen molar-refractivity contribution in [3.8, 4) is 27.9 Å². The maximum Gasteiger partial charge on any atom is 0.0629 e. The molecule has 12 rings (SSSR count). The van der Waals surface area contributed by atoms with Crippen LogP contribution in [0.1, 0.15) is 38.8 Å². The molecule has 294 valence electrons. The summed E-state index contributed by atoms with van der Waals surface area (Å²) in [5.74, 6) is 0. The van der Waals surface area contributed by atoms with Crippen LogP contribution >= 0.6 is 11.3 Å². The fourth-order valence-electron chi connectivity index (χ4n) is 9.84. The Labute approximate surface area is 368 Å². The van der Waals surface area contributed by atoms with Crippen LogP contribution in [0.3, 0.4) is 0 Å². The summed E-state index contributed by atoms with van der Waals surface area (Å²) in [6.07, 6.45) is 0. The molecule has 9 aromatic carbocycles. The standard InChI is InChI=1S/C59H42N2S/c1-59(2)53-36-40(23-22-39-24-29-46(30-25-39)60(43-14-6-3-7-15-43)44-16-8-4-9-17-44)26-31-47(53)50-33-34-51-52-37-41(42-27-32-49-48-20-12-13-21-55(48)62-56(49)38-42)28-35-54(52)61(58(51)57(50)59)45-18-10-5-11-19-45/h3-38H,1-2H3/b23-22+/i22D,23D. The monoisotopic (exact) mass is 812 g/mol. The molecule has 0 unspecified atom stereocenters. The molecule has 1 aliphatic rings. The number of hydrogen-bond acceptors (Lipinski definition) is 2. The SMILES string of the molecule is [2H]/C(=C(/[2H])c1ccc2c(c1)C(C)(C)c1c-2ccc2c3cc(-c4ccc5c(c4)sc4ccccc45)ccc3n(-c3ccccc3)c12)c1ccc(N(c2ccccc2)c2ccccc2)cc1. The van der Waals surface area contributed by atoms with Crippen LogP contribution in [-0.4, -0.2) is 4.57 Å². The molecule has 0 amide bonds. The number of para-hydroxylation sites is 3. The first kappa shape index (κ1) is 34.3. The third-order valence-electron chi connectivity index (χ3n) is 12.8. The zero-order chi connectivity index (χ0) is 43.1. The number of thiophene rings is 1. The fourth-order valence-corrected chi connectivity index (χ4v) is 11.0. The van der Waals surface area contributed by atoms with Gasteiger partial charge < -0.3 is 9.47 Å². The lowest BCUT2D eigenvalue weighted by Crippen LogP contribution is -2.16. The van der Waals surface area contributed by atoms with E-state index in [1.807, 2.05) is 78.1 Å². The third-order valence-corrected chi connectivity index (χ3v) is 13.9. The first-order valence-electron chi connectivity index (χ1n) is 22.3. The minimum atomic E-state index is -0.390. The summed E-state index contributed by atoms with van der Waals surface area (Å²) in [5.41, 5.74) is 14.9. The van der Waals surface area contributed by atoms with Gasteiger partial charge in [0, 0.05) is 59.1 Å². The van der Waals surface area contributed by atoms with E-state index in [-0.39, 0.29) is 12.1 Å². The van der Waals surface area contributed by atoms with E-state index >= 15 is 0 Å². The molecule has 0 saturated carbocycles. The van der Waals surface area contributed by atoms with Crippen LogP contribution in [0.15, 0.2) is 206 Å². The second-order valence-corrected chi connectivity index (χ2v) is 17.9. The molecule has 2 aromatic heterocycles. The van der Waals surface area contributed by atoms with Crippen molar-refractivity contribution in [2.75, 3.05) is 4.90 Å². The minimum absolute atomic E-state index is 0.194. The Morgan fingerprint density at radius 1 is 0.484 bits per heavy atom. The molecule has 0 N–H and O–H groups in total. The molecule has 0 saturated heterocycles. The summed E-state index contributed by atoms with van der Waals surface area (Å²) in [6.45, 7) is 4.64. The van der Waals surface area contributed by atoms with Crippen molar-refractivity contribution in [1.29, 1.82) is 0 Å². The molecule has 0 aliphatic heterocycles. The molecule has 3 heteroatoms. The minimum Gasteiger partial charge on any atom is -0.311 e. The highest BCUT2D eigenvalue weighted by molar-refractivity contribution is 7.25. The maximum atomic E-state index is 9.41. The van der Waals surface area contributed by atoms with E-state index in [4.69, 9.17) is 0 Å². The third kappa shape index (κ3) is 5.84. The average Bonchev–Trinajstić information content (AvgIpc) is 3.96. The topological polar surface area (TPSA) is 8.17 Å². The molecule has 2 heterocycles. The Hall–Kier alpha value is -7.46. The Morgan fingerprint density at radius 3 is 1.82 bits per heavy atom. The van der Waals surface area contributed by atoms with Gasteiger partial charge in [-0.15, -0.1) is 11.3 Å². The van der Waals surface area contributed by atoms with Crippen LogP contribution in [0.5, 0.6) is 0 Å². The Balaban J connectivity index is 0.946. The second-order valence-electron chi connectivity index (χ2n) is 16.8. The molecule has 0 bridgehead atoms. The van der Waals surface area contributed by atoms with E-state index in [1.54, 1.807) is 0 Å². The van der Waals surface area contributed by atoms with Crippen molar-refractivity contribution in [2.45, 2.75) is 19.3 Å². The number of nitrogens with zero attached hydrogens (tertiary/aromatic N) is 2. The Bertz CT molecular complexity index is 3600. The van der Waals surface area contributed by atoms with Crippen molar-refractivity contribution in [3.63, 3.8) is 0 Å². The normalized spacial score (nSPS) is 13.8. The zero-order valence-electron chi connectivity index (χ0n) is 36.4. The van der Waals surface area contributed by atoms with Gasteiger partial charge in [-0.1, -0.05) is 159 Å². The van der Waals surface area contributed by atoms with Crippen molar-refractivity contribution >= 4 is 82.5 Å². The summed E-state index contributed by atoms with van der Waals surface area (Å²) >= 11 is 1.86. The fraction of sp³-hybridized carbons (Fsp3) is 0.0508. The van der Waals surface area contributed by atoms with Gasteiger partial charge in [-0.2, -0.15) is 0 Å². The van der Waals surface area contributed by atoms with Gasteiger partial charge in [0.15, 0.2) is 0 Å². The summed E-state index contributed by atoms with van der Waals surface area (Å²) in [7, 11) is 0. The molecule has 0 spiro atoms. The average molecular weight is 813 g/mol. The maximum absolute atomic E-state index is 9.41. The van der Waals surface area contributed by atoms with Crippen LogP contribution in [0.25, 0.3) is 82.0 Å². The van der Waals surface area contributed by atoms with Crippen molar-refractivity contribution in [2.24, 2.45) is 0 Å². The van der Waals surface area contributed by atoms with Gasteiger partial charge in [0.05, 0.1) is 13.8 Å². The van der Waals surface area contributed by atoms with Crippen molar-refractivity contribution in [1.82, 2.24) is 4.57 Å². The lowest BCUT2D eigenvalue weighted by molar-refractivity contribution is 0.663. The van der Waals surface area contributed by atoms with Gasteiger partial charge in [-0.05, 0) is 117 Å². The largest absolute Gasteiger partial charge is 0.311 e. The van der Waals surface area contributed by atoms with E-state index in [2.05, 4.69) is 163 Å². The summed E-state index contributed by atoms with van der Waals surface area (Å²) in [6, 6.07) is 73.3. The van der Waals surface area contributed by atoms with Gasteiger partial charge in [0.2, 0.25) is 0 Å². The van der Waals surface area contributed by atoms with E-state index in [0.29, 0.717) is 5.56 Å². The number of anilines is 3. The molecule has 0 fully saturated rings. The molecule has 0 radical (unpaired) electrons. The highest BCUT2D eigenvalue weighted by atomic mass is 32.1. The smallest absolute Gasteiger partial charge is 0.0629 e. The van der Waals surface area contributed by atoms with Gasteiger partial charge in [0.1, 0.15) is 0 Å². The van der Waals surface area contributed by atoms with Gasteiger partial charge >= 0.3 is 0 Å². The summed E-state index contributed by atoms with van der Waals surface area (Å²) < 4.78 is 23.8. The van der Waals surface area contributed by atoms with E-state index in [0.717, 1.165) is 28.3 Å². The number of aromatic nitrogens is 1. The zero-order valence-corrected chi connectivity index (χ0v) is 35.2. The molecular weight excluding hydrogens is 769 g/mol. The van der Waals surface area contributed by atoms with Gasteiger partial charge in [0.25, 0.3) is 0 Å². The molecule has 2 nitrogen and oxygen atoms in total. The molecule has 62 heavy (non-hydrogen) atoms. The lowest BCUT2D eigenvalue weighted by atomic mass is 9.81. The molecular formula is C59H42N2S. The Kier molecular flexibility index (Phi) is 7.92. The van der Waals surface area contributed by atoms with Crippen LogP contribution in [0.2, 0.25) is 0 Å². The highest BCUT2D eigenvalue weighted by Gasteiger charge is 2.38.